The van der Waals surface area contributed by atoms with Crippen molar-refractivity contribution in [2.24, 2.45) is 0 Å². The average molecular weight is 400 g/mol. The Hall–Kier alpha value is -2.18. The fourth-order valence-electron chi connectivity index (χ4n) is 3.24. The second-order valence-electron chi connectivity index (χ2n) is 7.39. The van der Waals surface area contributed by atoms with Gasteiger partial charge in [-0.25, -0.2) is 4.98 Å². The Bertz CT molecular complexity index is 1000. The summed E-state index contributed by atoms with van der Waals surface area (Å²) < 4.78 is 7.68. The van der Waals surface area contributed by atoms with Gasteiger partial charge in [-0.1, -0.05) is 19.1 Å². The molecule has 150 valence electrons. The number of hydrogen-bond donors (Lipinski definition) is 0. The Morgan fingerprint density at radius 1 is 1.18 bits per heavy atom. The van der Waals surface area contributed by atoms with E-state index in [-0.39, 0.29) is 5.56 Å². The molecule has 28 heavy (non-hydrogen) atoms. The van der Waals surface area contributed by atoms with Crippen LogP contribution in [0.2, 0.25) is 0 Å². The van der Waals surface area contributed by atoms with Crippen molar-refractivity contribution >= 4 is 21.6 Å². The van der Waals surface area contributed by atoms with E-state index in [0.717, 1.165) is 45.1 Å². The fraction of sp³-hybridized carbons (Fsp3) is 0.455. The lowest BCUT2D eigenvalue weighted by Gasteiger charge is -2.16. The van der Waals surface area contributed by atoms with Gasteiger partial charge in [-0.05, 0) is 64.0 Å². The predicted octanol–water partition coefficient (Wildman–Crippen LogP) is 4.17. The molecule has 3 rings (SSSR count). The summed E-state index contributed by atoms with van der Waals surface area (Å²) in [6.45, 7) is 8.01. The zero-order valence-corrected chi connectivity index (χ0v) is 18.2. The molecule has 0 bridgehead atoms. The summed E-state index contributed by atoms with van der Waals surface area (Å²) in [5.74, 6) is 1.69. The number of ether oxygens (including phenoxy) is 1. The second-order valence-corrected chi connectivity index (χ2v) is 8.59. The first-order valence-corrected chi connectivity index (χ1v) is 10.6. The van der Waals surface area contributed by atoms with Crippen LogP contribution in [0.3, 0.4) is 0 Å². The molecule has 0 unspecified atom stereocenters. The van der Waals surface area contributed by atoms with Gasteiger partial charge in [0, 0.05) is 11.4 Å². The first kappa shape index (κ1) is 20.6. The van der Waals surface area contributed by atoms with Crippen molar-refractivity contribution in [1.82, 2.24) is 14.5 Å². The van der Waals surface area contributed by atoms with Crippen LogP contribution in [0.4, 0.5) is 0 Å². The smallest absolute Gasteiger partial charge is 0.262 e. The van der Waals surface area contributed by atoms with Crippen LogP contribution in [0.25, 0.3) is 10.2 Å². The summed E-state index contributed by atoms with van der Waals surface area (Å²) in [5.41, 5.74) is 2.42. The first-order chi connectivity index (χ1) is 13.4. The lowest BCUT2D eigenvalue weighted by atomic mass is 10.2. The molecule has 0 spiro atoms. The number of nitrogens with zero attached hydrogens (tertiary/aromatic N) is 3. The van der Waals surface area contributed by atoms with Crippen molar-refractivity contribution < 1.29 is 4.74 Å². The topological polar surface area (TPSA) is 47.4 Å². The highest BCUT2D eigenvalue weighted by molar-refractivity contribution is 7.18. The van der Waals surface area contributed by atoms with Crippen molar-refractivity contribution in [3.63, 3.8) is 0 Å². The lowest BCUT2D eigenvalue weighted by Crippen LogP contribution is -2.29. The molecular formula is C22H29N3O2S. The standard InChI is InChI=1S/C22H29N3O2S/c1-6-17-8-10-18(11-9-17)27-13-7-12-25-19(14-24(4)5)23-21-20(22(25)26)15(2)16(3)28-21/h8-11H,6-7,12-14H2,1-5H3. The molecule has 3 aromatic rings. The molecule has 0 saturated carbocycles. The van der Waals surface area contributed by atoms with E-state index in [1.807, 2.05) is 42.6 Å². The third-order valence-electron chi connectivity index (χ3n) is 4.95. The molecule has 6 heteroatoms. The SMILES string of the molecule is CCc1ccc(OCCCn2c(CN(C)C)nc3sc(C)c(C)c3c2=O)cc1. The van der Waals surface area contributed by atoms with Gasteiger partial charge in [-0.3, -0.25) is 9.36 Å². The number of thiophene rings is 1. The average Bonchev–Trinajstić information content (AvgIpc) is 2.94. The molecule has 0 aliphatic carbocycles. The summed E-state index contributed by atoms with van der Waals surface area (Å²) in [7, 11) is 3.99. The van der Waals surface area contributed by atoms with Gasteiger partial charge >= 0.3 is 0 Å². The number of benzene rings is 1. The zero-order valence-electron chi connectivity index (χ0n) is 17.4. The monoisotopic (exact) mass is 399 g/mol. The van der Waals surface area contributed by atoms with Gasteiger partial charge in [0.2, 0.25) is 0 Å². The van der Waals surface area contributed by atoms with Gasteiger partial charge in [-0.15, -0.1) is 11.3 Å². The molecular weight excluding hydrogens is 370 g/mol. The van der Waals surface area contributed by atoms with E-state index in [0.29, 0.717) is 19.7 Å². The van der Waals surface area contributed by atoms with Gasteiger partial charge in [-0.2, -0.15) is 0 Å². The van der Waals surface area contributed by atoms with Crippen LogP contribution in [0, 0.1) is 13.8 Å². The highest BCUT2D eigenvalue weighted by atomic mass is 32.1. The molecule has 0 amide bonds. The molecule has 0 aliphatic rings. The second kappa shape index (κ2) is 8.88. The van der Waals surface area contributed by atoms with Crippen molar-refractivity contribution in [3.05, 3.63) is 56.4 Å². The van der Waals surface area contributed by atoms with Crippen LogP contribution in [-0.4, -0.2) is 35.2 Å². The van der Waals surface area contributed by atoms with E-state index in [1.54, 1.807) is 11.3 Å². The van der Waals surface area contributed by atoms with Gasteiger partial charge in [0.15, 0.2) is 0 Å². The lowest BCUT2D eigenvalue weighted by molar-refractivity contribution is 0.297. The van der Waals surface area contributed by atoms with E-state index >= 15 is 0 Å². The fourth-order valence-corrected chi connectivity index (χ4v) is 4.28. The molecule has 2 heterocycles. The van der Waals surface area contributed by atoms with Gasteiger partial charge in [0.05, 0.1) is 18.5 Å². The van der Waals surface area contributed by atoms with Crippen molar-refractivity contribution in [2.75, 3.05) is 20.7 Å². The third kappa shape index (κ3) is 4.45. The van der Waals surface area contributed by atoms with Gasteiger partial charge in [0.1, 0.15) is 16.4 Å². The molecule has 0 radical (unpaired) electrons. The van der Waals surface area contributed by atoms with Crippen LogP contribution in [0.1, 0.15) is 35.2 Å². The molecule has 5 nitrogen and oxygen atoms in total. The summed E-state index contributed by atoms with van der Waals surface area (Å²) in [5, 5.41) is 0.765. The van der Waals surface area contributed by atoms with E-state index < -0.39 is 0 Å². The summed E-state index contributed by atoms with van der Waals surface area (Å²) in [6, 6.07) is 8.20. The number of aryl methyl sites for hydroxylation is 3. The summed E-state index contributed by atoms with van der Waals surface area (Å²) >= 11 is 1.60. The Morgan fingerprint density at radius 3 is 2.54 bits per heavy atom. The minimum Gasteiger partial charge on any atom is -0.494 e. The van der Waals surface area contributed by atoms with Crippen LogP contribution in [-0.2, 0) is 19.5 Å². The normalized spacial score (nSPS) is 11.5. The number of fused-ring (bicyclic) bond motifs is 1. The molecule has 2 aromatic heterocycles. The zero-order chi connectivity index (χ0) is 20.3. The maximum atomic E-state index is 13.2. The van der Waals surface area contributed by atoms with Crippen molar-refractivity contribution in [3.8, 4) is 5.75 Å². The van der Waals surface area contributed by atoms with Crippen molar-refractivity contribution in [1.29, 1.82) is 0 Å². The Balaban J connectivity index is 1.77. The van der Waals surface area contributed by atoms with Crippen LogP contribution >= 0.6 is 11.3 Å². The van der Waals surface area contributed by atoms with Crippen LogP contribution < -0.4 is 10.3 Å². The Labute approximate surface area is 170 Å². The summed E-state index contributed by atoms with van der Waals surface area (Å²) in [6.07, 6.45) is 1.78. The largest absolute Gasteiger partial charge is 0.494 e. The van der Waals surface area contributed by atoms with E-state index in [9.17, 15) is 4.79 Å². The number of hydrogen-bond acceptors (Lipinski definition) is 5. The van der Waals surface area contributed by atoms with Crippen LogP contribution in [0.15, 0.2) is 29.1 Å². The predicted molar refractivity (Wildman–Crippen MR) is 117 cm³/mol. The van der Waals surface area contributed by atoms with E-state index in [1.165, 1.54) is 5.56 Å². The minimum absolute atomic E-state index is 0.0657. The maximum Gasteiger partial charge on any atom is 0.262 e. The Kier molecular flexibility index (Phi) is 6.52. The quantitative estimate of drug-likeness (QED) is 0.534. The van der Waals surface area contributed by atoms with Crippen molar-refractivity contribution in [2.45, 2.75) is 46.7 Å². The van der Waals surface area contributed by atoms with Crippen LogP contribution in [0.5, 0.6) is 5.75 Å². The third-order valence-corrected chi connectivity index (χ3v) is 6.05. The van der Waals surface area contributed by atoms with Gasteiger partial charge < -0.3 is 9.64 Å². The Morgan fingerprint density at radius 2 is 1.89 bits per heavy atom. The number of rotatable bonds is 8. The van der Waals surface area contributed by atoms with Gasteiger partial charge in [0.25, 0.3) is 5.56 Å². The molecule has 1 aromatic carbocycles. The molecule has 0 aliphatic heterocycles. The van der Waals surface area contributed by atoms with E-state index in [2.05, 4.69) is 26.0 Å². The molecule has 0 N–H and O–H groups in total. The van der Waals surface area contributed by atoms with E-state index in [4.69, 9.17) is 9.72 Å². The minimum atomic E-state index is 0.0657. The molecule has 0 saturated heterocycles. The molecule has 0 atom stereocenters. The highest BCUT2D eigenvalue weighted by Gasteiger charge is 2.16. The number of aromatic nitrogens is 2. The summed E-state index contributed by atoms with van der Waals surface area (Å²) in [4.78, 5) is 22.0. The first-order valence-electron chi connectivity index (χ1n) is 9.76. The molecule has 0 fully saturated rings. The maximum absolute atomic E-state index is 13.2. The highest BCUT2D eigenvalue weighted by Crippen LogP contribution is 2.26.